The lowest BCUT2D eigenvalue weighted by molar-refractivity contribution is -0.140. The first-order chi connectivity index (χ1) is 6.15. The molecule has 0 bridgehead atoms. The Morgan fingerprint density at radius 2 is 2.00 bits per heavy atom. The van der Waals surface area contributed by atoms with E-state index in [0.29, 0.717) is 6.42 Å². The van der Waals surface area contributed by atoms with E-state index >= 15 is 0 Å². The number of nitrogens with zero attached hydrogens (tertiary/aromatic N) is 2. The molecule has 1 atom stereocenters. The maximum Gasteiger partial charge on any atom is 0.305 e. The average molecular weight is 180 g/mol. The summed E-state index contributed by atoms with van der Waals surface area (Å²) in [4.78, 5) is 10.7. The number of hydrogen-bond acceptors (Lipinski definition) is 4. The van der Waals surface area contributed by atoms with E-state index in [1.807, 2.05) is 12.1 Å². The predicted molar refractivity (Wildman–Crippen MR) is 45.1 cm³/mol. The Kier molecular flexibility index (Phi) is 5.30. The molecule has 0 aliphatic carbocycles. The zero-order valence-electron chi connectivity index (χ0n) is 7.78. The molecule has 0 saturated heterocycles. The van der Waals surface area contributed by atoms with Crippen molar-refractivity contribution in [3.63, 3.8) is 0 Å². The van der Waals surface area contributed by atoms with Crippen LogP contribution in [0.5, 0.6) is 0 Å². The Morgan fingerprint density at radius 3 is 2.38 bits per heavy atom. The Labute approximate surface area is 77.7 Å². The van der Waals surface area contributed by atoms with E-state index in [-0.39, 0.29) is 18.3 Å². The van der Waals surface area contributed by atoms with Crippen molar-refractivity contribution in [2.75, 3.05) is 7.11 Å². The van der Waals surface area contributed by atoms with Crippen LogP contribution in [0.25, 0.3) is 0 Å². The minimum atomic E-state index is -0.635. The molecule has 0 fully saturated rings. The third-order valence-corrected chi connectivity index (χ3v) is 1.88. The van der Waals surface area contributed by atoms with Crippen molar-refractivity contribution in [3.05, 3.63) is 0 Å². The maximum absolute atomic E-state index is 10.7. The molecule has 0 saturated carbocycles. The third kappa shape index (κ3) is 4.12. The van der Waals surface area contributed by atoms with Gasteiger partial charge in [-0.25, -0.2) is 0 Å². The van der Waals surface area contributed by atoms with Crippen LogP contribution in [-0.4, -0.2) is 13.1 Å². The van der Waals surface area contributed by atoms with Crippen LogP contribution in [0.15, 0.2) is 0 Å². The van der Waals surface area contributed by atoms with Gasteiger partial charge in [-0.3, -0.25) is 4.79 Å². The first-order valence-electron chi connectivity index (χ1n) is 4.01. The number of ether oxygens (including phenoxy) is 1. The molecule has 0 amide bonds. The second kappa shape index (κ2) is 6.02. The SMILES string of the molecule is COC(=O)CCC(C)C(C#N)C#N. The molecule has 4 nitrogen and oxygen atoms in total. The Balaban J connectivity index is 3.89. The molecule has 13 heavy (non-hydrogen) atoms. The van der Waals surface area contributed by atoms with Crippen LogP contribution in [0.3, 0.4) is 0 Å². The van der Waals surface area contributed by atoms with Gasteiger partial charge in [0.25, 0.3) is 0 Å². The fourth-order valence-electron chi connectivity index (χ4n) is 0.898. The average Bonchev–Trinajstić information content (AvgIpc) is 2.16. The summed E-state index contributed by atoms with van der Waals surface area (Å²) >= 11 is 0. The van der Waals surface area contributed by atoms with Crippen LogP contribution in [0, 0.1) is 34.5 Å². The van der Waals surface area contributed by atoms with E-state index < -0.39 is 5.92 Å². The van der Waals surface area contributed by atoms with E-state index in [4.69, 9.17) is 10.5 Å². The molecule has 0 aliphatic heterocycles. The van der Waals surface area contributed by atoms with Gasteiger partial charge in [-0.2, -0.15) is 10.5 Å². The van der Waals surface area contributed by atoms with Crippen LogP contribution in [0.2, 0.25) is 0 Å². The predicted octanol–water partition coefficient (Wildman–Crippen LogP) is 1.24. The normalized spacial score (nSPS) is 11.5. The van der Waals surface area contributed by atoms with Gasteiger partial charge in [0.2, 0.25) is 0 Å². The molecule has 0 spiro atoms. The van der Waals surface area contributed by atoms with E-state index in [2.05, 4.69) is 4.74 Å². The highest BCUT2D eigenvalue weighted by Crippen LogP contribution is 2.15. The summed E-state index contributed by atoms with van der Waals surface area (Å²) in [6, 6.07) is 3.76. The van der Waals surface area contributed by atoms with Crippen LogP contribution >= 0.6 is 0 Å². The standard InChI is InChI=1S/C9H12N2O2/c1-7(8(5-10)6-11)3-4-9(12)13-2/h7-8H,3-4H2,1-2H3. The monoisotopic (exact) mass is 180 g/mol. The number of methoxy groups -OCH3 is 1. The highest BCUT2D eigenvalue weighted by molar-refractivity contribution is 5.69. The van der Waals surface area contributed by atoms with Crippen LogP contribution in [0.1, 0.15) is 19.8 Å². The fourth-order valence-corrected chi connectivity index (χ4v) is 0.898. The second-order valence-corrected chi connectivity index (χ2v) is 2.83. The molecule has 1 unspecified atom stereocenters. The molecule has 70 valence electrons. The number of rotatable bonds is 4. The lowest BCUT2D eigenvalue weighted by Gasteiger charge is -2.09. The number of hydrogen-bond donors (Lipinski definition) is 0. The van der Waals surface area contributed by atoms with Gasteiger partial charge >= 0.3 is 5.97 Å². The number of esters is 1. The minimum absolute atomic E-state index is 0.0888. The van der Waals surface area contributed by atoms with Crippen molar-refractivity contribution in [1.82, 2.24) is 0 Å². The molecule has 0 aliphatic rings. The topological polar surface area (TPSA) is 73.9 Å². The second-order valence-electron chi connectivity index (χ2n) is 2.83. The van der Waals surface area contributed by atoms with Crippen molar-refractivity contribution >= 4 is 5.97 Å². The summed E-state index contributed by atoms with van der Waals surface area (Å²) < 4.78 is 4.44. The Bertz CT molecular complexity index is 235. The summed E-state index contributed by atoms with van der Waals surface area (Å²) in [5, 5.41) is 17.1. The Morgan fingerprint density at radius 1 is 1.46 bits per heavy atom. The lowest BCUT2D eigenvalue weighted by Crippen LogP contribution is -2.10. The largest absolute Gasteiger partial charge is 0.469 e. The van der Waals surface area contributed by atoms with Crippen molar-refractivity contribution < 1.29 is 9.53 Å². The number of carbonyl (C=O) groups excluding carboxylic acids is 1. The first kappa shape index (κ1) is 11.4. The van der Waals surface area contributed by atoms with Crippen molar-refractivity contribution in [1.29, 1.82) is 10.5 Å². The van der Waals surface area contributed by atoms with Gasteiger partial charge in [0.1, 0.15) is 5.92 Å². The van der Waals surface area contributed by atoms with Gasteiger partial charge < -0.3 is 4.74 Å². The Hall–Kier alpha value is -1.55. The molecule has 0 aromatic carbocycles. The van der Waals surface area contributed by atoms with E-state index in [1.54, 1.807) is 6.92 Å². The molecule has 0 radical (unpaired) electrons. The van der Waals surface area contributed by atoms with Gasteiger partial charge in [-0.1, -0.05) is 6.92 Å². The smallest absolute Gasteiger partial charge is 0.305 e. The summed E-state index contributed by atoms with van der Waals surface area (Å²) in [5.41, 5.74) is 0. The maximum atomic E-state index is 10.7. The molecule has 4 heteroatoms. The molecular formula is C9H12N2O2. The van der Waals surface area contributed by atoms with Crippen molar-refractivity contribution in [2.24, 2.45) is 11.8 Å². The summed E-state index contributed by atoms with van der Waals surface area (Å²) in [5.74, 6) is -1.03. The molecule has 0 heterocycles. The van der Waals surface area contributed by atoms with Crippen molar-refractivity contribution in [3.8, 4) is 12.1 Å². The fraction of sp³-hybridized carbons (Fsp3) is 0.667. The lowest BCUT2D eigenvalue weighted by atomic mass is 9.92. The zero-order valence-corrected chi connectivity index (χ0v) is 7.78. The summed E-state index contributed by atoms with van der Waals surface area (Å²) in [6.45, 7) is 1.78. The van der Waals surface area contributed by atoms with Gasteiger partial charge in [-0.05, 0) is 12.3 Å². The quantitative estimate of drug-likeness (QED) is 0.610. The van der Waals surface area contributed by atoms with E-state index in [9.17, 15) is 4.79 Å². The number of carbonyl (C=O) groups is 1. The van der Waals surface area contributed by atoms with Crippen LogP contribution in [-0.2, 0) is 9.53 Å². The molecular weight excluding hydrogens is 168 g/mol. The highest BCUT2D eigenvalue weighted by Gasteiger charge is 2.16. The molecule has 0 rings (SSSR count). The van der Waals surface area contributed by atoms with Gasteiger partial charge in [-0.15, -0.1) is 0 Å². The summed E-state index contributed by atoms with van der Waals surface area (Å²) in [6.07, 6.45) is 0.774. The molecule has 0 N–H and O–H groups in total. The minimum Gasteiger partial charge on any atom is -0.469 e. The third-order valence-electron chi connectivity index (χ3n) is 1.88. The van der Waals surface area contributed by atoms with E-state index in [1.165, 1.54) is 7.11 Å². The van der Waals surface area contributed by atoms with Gasteiger partial charge in [0.05, 0.1) is 19.2 Å². The van der Waals surface area contributed by atoms with Crippen LogP contribution < -0.4 is 0 Å². The summed E-state index contributed by atoms with van der Waals surface area (Å²) in [7, 11) is 1.32. The molecule has 0 aromatic rings. The first-order valence-corrected chi connectivity index (χ1v) is 4.01. The van der Waals surface area contributed by atoms with E-state index in [0.717, 1.165) is 0 Å². The van der Waals surface area contributed by atoms with Gasteiger partial charge in [0.15, 0.2) is 0 Å². The van der Waals surface area contributed by atoms with Crippen molar-refractivity contribution in [2.45, 2.75) is 19.8 Å². The molecule has 0 aromatic heterocycles. The highest BCUT2D eigenvalue weighted by atomic mass is 16.5. The zero-order chi connectivity index (χ0) is 10.3. The number of nitriles is 2. The van der Waals surface area contributed by atoms with Gasteiger partial charge in [0, 0.05) is 6.42 Å². The van der Waals surface area contributed by atoms with Crippen LogP contribution in [0.4, 0.5) is 0 Å².